The Balaban J connectivity index is 1.63. The third-order valence-corrected chi connectivity index (χ3v) is 9.30. The highest BCUT2D eigenvalue weighted by molar-refractivity contribution is 6.06. The standard InChI is InChI=1S/C31H42N4O5/c1-7-33(8-2)21-11-13-22(14-12-21)34-18-10-16-31-25(24-27(37)32(6)17-9-15-30(24,5)40-31)28(38)35(26(31)29(34)39)23(19-36)20(3)4/h9-16,20,23-26,36H,7-8,17-19H2,1-6H3/t23-,24+,25-,26?,30-,31-/m0/s1. The molecule has 4 aliphatic rings. The molecule has 0 aromatic heterocycles. The van der Waals surface area contributed by atoms with Gasteiger partial charge in [0.25, 0.3) is 5.91 Å². The number of hydrogen-bond donors (Lipinski definition) is 1. The first-order valence-electron chi connectivity index (χ1n) is 14.4. The number of aliphatic hydroxyl groups is 1. The Bertz CT molecular complexity index is 1220. The van der Waals surface area contributed by atoms with Crippen LogP contribution in [0.1, 0.15) is 34.6 Å². The number of amides is 3. The minimum atomic E-state index is -1.34. The fraction of sp³-hybridized carbons (Fsp3) is 0.581. The van der Waals surface area contributed by atoms with Gasteiger partial charge in [-0.2, -0.15) is 0 Å². The van der Waals surface area contributed by atoms with Gasteiger partial charge in [0, 0.05) is 44.6 Å². The molecule has 0 radical (unpaired) electrons. The first-order chi connectivity index (χ1) is 19.0. The normalized spacial score (nSPS) is 32.2. The number of hydrogen-bond acceptors (Lipinski definition) is 6. The molecule has 9 nitrogen and oxygen atoms in total. The van der Waals surface area contributed by atoms with Crippen molar-refractivity contribution in [3.8, 4) is 0 Å². The van der Waals surface area contributed by atoms with E-state index in [9.17, 15) is 19.5 Å². The van der Waals surface area contributed by atoms with Crippen LogP contribution < -0.4 is 9.80 Å². The van der Waals surface area contributed by atoms with Gasteiger partial charge in [-0.1, -0.05) is 38.2 Å². The number of carbonyl (C=O) groups is 3. The van der Waals surface area contributed by atoms with Gasteiger partial charge in [-0.3, -0.25) is 14.4 Å². The van der Waals surface area contributed by atoms with Gasteiger partial charge < -0.3 is 29.4 Å². The van der Waals surface area contributed by atoms with E-state index in [1.165, 1.54) is 4.90 Å². The van der Waals surface area contributed by atoms with Crippen molar-refractivity contribution in [2.45, 2.75) is 57.9 Å². The number of rotatable bonds is 7. The largest absolute Gasteiger partial charge is 0.394 e. The monoisotopic (exact) mass is 550 g/mol. The molecule has 4 aliphatic heterocycles. The van der Waals surface area contributed by atoms with Crippen LogP contribution in [0, 0.1) is 17.8 Å². The van der Waals surface area contributed by atoms with Crippen LogP contribution in [0.2, 0.25) is 0 Å². The minimum absolute atomic E-state index is 0.120. The maximum atomic E-state index is 14.6. The molecule has 9 heteroatoms. The summed E-state index contributed by atoms with van der Waals surface area (Å²) in [5, 5.41) is 10.4. The molecule has 216 valence electrons. The molecular weight excluding hydrogens is 508 g/mol. The highest BCUT2D eigenvalue weighted by Gasteiger charge is 2.75. The Morgan fingerprint density at radius 3 is 2.23 bits per heavy atom. The lowest BCUT2D eigenvalue weighted by Crippen LogP contribution is -2.59. The summed E-state index contributed by atoms with van der Waals surface area (Å²) in [4.78, 5) is 49.8. The quantitative estimate of drug-likeness (QED) is 0.525. The Kier molecular flexibility index (Phi) is 7.33. The van der Waals surface area contributed by atoms with E-state index in [1.54, 1.807) is 16.8 Å². The van der Waals surface area contributed by atoms with E-state index >= 15 is 0 Å². The van der Waals surface area contributed by atoms with Crippen LogP contribution in [0.3, 0.4) is 0 Å². The number of benzene rings is 1. The van der Waals surface area contributed by atoms with Crippen LogP contribution >= 0.6 is 0 Å². The molecule has 2 saturated heterocycles. The molecule has 3 amide bonds. The van der Waals surface area contributed by atoms with Crippen molar-refractivity contribution in [2.75, 3.05) is 49.6 Å². The molecule has 40 heavy (non-hydrogen) atoms. The lowest BCUT2D eigenvalue weighted by molar-refractivity contribution is -0.151. The van der Waals surface area contributed by atoms with Crippen molar-refractivity contribution in [3.05, 3.63) is 48.6 Å². The number of aliphatic hydroxyl groups excluding tert-OH is 1. The van der Waals surface area contributed by atoms with E-state index in [-0.39, 0.29) is 30.2 Å². The zero-order valence-electron chi connectivity index (χ0n) is 24.4. The van der Waals surface area contributed by atoms with E-state index in [4.69, 9.17) is 4.74 Å². The second kappa shape index (κ2) is 10.3. The number of ether oxygens (including phenoxy) is 1. The fourth-order valence-electron chi connectivity index (χ4n) is 7.22. The molecule has 4 heterocycles. The van der Waals surface area contributed by atoms with Gasteiger partial charge in [0.05, 0.1) is 30.1 Å². The molecule has 1 aromatic rings. The molecule has 5 rings (SSSR count). The van der Waals surface area contributed by atoms with Crippen LogP contribution in [0.5, 0.6) is 0 Å². The molecule has 0 saturated carbocycles. The van der Waals surface area contributed by atoms with Crippen LogP contribution in [0.15, 0.2) is 48.6 Å². The van der Waals surface area contributed by atoms with Crippen molar-refractivity contribution in [1.29, 1.82) is 0 Å². The van der Waals surface area contributed by atoms with E-state index < -0.39 is 35.1 Å². The third kappa shape index (κ3) is 4.08. The fourth-order valence-corrected chi connectivity index (χ4v) is 7.22. The Labute approximate surface area is 237 Å². The second-order valence-corrected chi connectivity index (χ2v) is 11.9. The second-order valence-electron chi connectivity index (χ2n) is 11.9. The van der Waals surface area contributed by atoms with E-state index in [1.807, 2.05) is 69.3 Å². The Morgan fingerprint density at radius 2 is 1.62 bits per heavy atom. The first-order valence-corrected chi connectivity index (χ1v) is 14.4. The number of fused-ring (bicyclic) bond motifs is 2. The Hall–Kier alpha value is -3.17. The minimum Gasteiger partial charge on any atom is -0.394 e. The molecule has 0 aliphatic carbocycles. The van der Waals surface area contributed by atoms with E-state index in [0.717, 1.165) is 24.5 Å². The van der Waals surface area contributed by atoms with Crippen LogP contribution in [0.25, 0.3) is 0 Å². The van der Waals surface area contributed by atoms with Crippen LogP contribution in [0.4, 0.5) is 11.4 Å². The number of carbonyl (C=O) groups excluding carboxylic acids is 3. The molecule has 0 bridgehead atoms. The summed E-state index contributed by atoms with van der Waals surface area (Å²) in [6.07, 6.45) is 7.50. The summed E-state index contributed by atoms with van der Waals surface area (Å²) in [7, 11) is 1.72. The van der Waals surface area contributed by atoms with E-state index in [2.05, 4.69) is 18.7 Å². The molecule has 1 N–H and O–H groups in total. The van der Waals surface area contributed by atoms with Crippen LogP contribution in [-0.4, -0.2) is 95.7 Å². The van der Waals surface area contributed by atoms with Crippen molar-refractivity contribution >= 4 is 29.1 Å². The van der Waals surface area contributed by atoms with Crippen molar-refractivity contribution < 1.29 is 24.2 Å². The summed E-state index contributed by atoms with van der Waals surface area (Å²) in [6.45, 7) is 12.1. The van der Waals surface area contributed by atoms with Gasteiger partial charge in [0.15, 0.2) is 0 Å². The predicted molar refractivity (Wildman–Crippen MR) is 154 cm³/mol. The first kappa shape index (κ1) is 28.4. The lowest BCUT2D eigenvalue weighted by Gasteiger charge is -2.41. The highest BCUT2D eigenvalue weighted by Crippen LogP contribution is 2.58. The van der Waals surface area contributed by atoms with Gasteiger partial charge in [-0.05, 0) is 51.0 Å². The maximum Gasteiger partial charge on any atom is 0.253 e. The van der Waals surface area contributed by atoms with Gasteiger partial charge in [-0.15, -0.1) is 0 Å². The smallest absolute Gasteiger partial charge is 0.253 e. The number of anilines is 2. The number of likely N-dealkylation sites (N-methyl/N-ethyl adjacent to an activating group) is 1. The Morgan fingerprint density at radius 1 is 0.975 bits per heavy atom. The molecule has 1 aromatic carbocycles. The lowest BCUT2D eigenvalue weighted by atomic mass is 9.74. The summed E-state index contributed by atoms with van der Waals surface area (Å²) >= 11 is 0. The van der Waals surface area contributed by atoms with E-state index in [0.29, 0.717) is 13.1 Å². The SMILES string of the molecule is CCN(CC)c1ccc(N2CC=C[C@]34O[C@@]5(C)C=CCN(C)C(=O)[C@H]5[C@H]3C(=O)N([C@@H](CO)C(C)C)C4C2=O)cc1. The van der Waals surface area contributed by atoms with Gasteiger partial charge in [-0.25, -0.2) is 0 Å². The number of likely N-dealkylation sites (tertiary alicyclic amines) is 1. The number of nitrogens with zero attached hydrogens (tertiary/aromatic N) is 4. The maximum absolute atomic E-state index is 14.6. The summed E-state index contributed by atoms with van der Waals surface area (Å²) in [5.41, 5.74) is -0.603. The zero-order valence-corrected chi connectivity index (χ0v) is 24.4. The predicted octanol–water partition coefficient (Wildman–Crippen LogP) is 2.45. The molecule has 1 spiro atoms. The molecule has 1 unspecified atom stereocenters. The molecule has 2 fully saturated rings. The van der Waals surface area contributed by atoms with Gasteiger partial charge in [0.1, 0.15) is 11.6 Å². The molecule has 6 atom stereocenters. The topological polar surface area (TPSA) is 93.6 Å². The van der Waals surface area contributed by atoms with Crippen molar-refractivity contribution in [2.24, 2.45) is 17.8 Å². The van der Waals surface area contributed by atoms with Crippen molar-refractivity contribution in [1.82, 2.24) is 9.80 Å². The molecular formula is C31H42N4O5. The zero-order chi connectivity index (χ0) is 29.0. The summed E-state index contributed by atoms with van der Waals surface area (Å²) in [6, 6.07) is 6.26. The van der Waals surface area contributed by atoms with Gasteiger partial charge in [0.2, 0.25) is 11.8 Å². The third-order valence-electron chi connectivity index (χ3n) is 9.30. The van der Waals surface area contributed by atoms with Gasteiger partial charge >= 0.3 is 0 Å². The highest BCUT2D eigenvalue weighted by atomic mass is 16.5. The summed E-state index contributed by atoms with van der Waals surface area (Å²) in [5.74, 6) is -2.58. The average molecular weight is 551 g/mol. The summed E-state index contributed by atoms with van der Waals surface area (Å²) < 4.78 is 6.84. The average Bonchev–Trinajstić information content (AvgIpc) is 3.20. The van der Waals surface area contributed by atoms with Crippen LogP contribution in [-0.2, 0) is 19.1 Å². The van der Waals surface area contributed by atoms with Crippen molar-refractivity contribution in [3.63, 3.8) is 0 Å².